The van der Waals surface area contributed by atoms with E-state index in [0.717, 1.165) is 0 Å². The molecule has 0 saturated carbocycles. The van der Waals surface area contributed by atoms with Crippen LogP contribution >= 0.6 is 0 Å². The molecule has 0 aliphatic rings. The summed E-state index contributed by atoms with van der Waals surface area (Å²) in [6.45, 7) is 0.631. The quantitative estimate of drug-likeness (QED) is 0.205. The van der Waals surface area contributed by atoms with Crippen LogP contribution in [0.1, 0.15) is 6.42 Å². The molecule has 0 aromatic rings. The highest BCUT2D eigenvalue weighted by molar-refractivity contribution is 5.75. The SMILES string of the molecule is C[N+](C)(C)NCCC(=O)NN. The Balaban J connectivity index is 3.35. The lowest BCUT2D eigenvalue weighted by molar-refractivity contribution is -0.915. The summed E-state index contributed by atoms with van der Waals surface area (Å²) in [5.74, 6) is 4.74. The zero-order valence-electron chi connectivity index (χ0n) is 7.35. The Labute approximate surface area is 67.1 Å². The predicted molar refractivity (Wildman–Crippen MR) is 43.0 cm³/mol. The van der Waals surface area contributed by atoms with Gasteiger partial charge in [0.25, 0.3) is 0 Å². The highest BCUT2D eigenvalue weighted by Gasteiger charge is 2.06. The summed E-state index contributed by atoms with van der Waals surface area (Å²) in [7, 11) is 5.96. The van der Waals surface area contributed by atoms with Crippen LogP contribution in [0.25, 0.3) is 0 Å². The van der Waals surface area contributed by atoms with Gasteiger partial charge in [-0.3, -0.25) is 14.8 Å². The number of hydrogen-bond acceptors (Lipinski definition) is 3. The number of rotatable bonds is 4. The summed E-state index contributed by atoms with van der Waals surface area (Å²) in [6.07, 6.45) is 0.409. The minimum Gasteiger partial charge on any atom is -0.294 e. The van der Waals surface area contributed by atoms with Gasteiger partial charge in [0.05, 0.1) is 27.7 Å². The second-order valence-electron chi connectivity index (χ2n) is 3.24. The first-order valence-corrected chi connectivity index (χ1v) is 3.52. The van der Waals surface area contributed by atoms with Crippen molar-refractivity contribution in [3.63, 3.8) is 0 Å². The number of carbonyl (C=O) groups excluding carboxylic acids is 1. The Morgan fingerprint density at radius 2 is 2.00 bits per heavy atom. The first-order chi connectivity index (χ1) is 4.95. The van der Waals surface area contributed by atoms with Crippen molar-refractivity contribution in [2.75, 3.05) is 27.7 Å². The number of carbonyl (C=O) groups is 1. The molecule has 5 nitrogen and oxygen atoms in total. The molecule has 66 valence electrons. The van der Waals surface area contributed by atoms with E-state index in [-0.39, 0.29) is 5.91 Å². The van der Waals surface area contributed by atoms with Gasteiger partial charge in [0.15, 0.2) is 0 Å². The molecule has 0 bridgehead atoms. The first kappa shape index (κ1) is 10.3. The van der Waals surface area contributed by atoms with Gasteiger partial charge in [0, 0.05) is 6.42 Å². The van der Waals surface area contributed by atoms with E-state index in [0.29, 0.717) is 17.6 Å². The highest BCUT2D eigenvalue weighted by Crippen LogP contribution is 1.82. The molecule has 4 N–H and O–H groups in total. The lowest BCUT2D eigenvalue weighted by Gasteiger charge is -2.23. The van der Waals surface area contributed by atoms with Gasteiger partial charge < -0.3 is 0 Å². The van der Waals surface area contributed by atoms with E-state index < -0.39 is 0 Å². The van der Waals surface area contributed by atoms with Crippen molar-refractivity contribution in [2.45, 2.75) is 6.42 Å². The largest absolute Gasteiger partial charge is 0.294 e. The van der Waals surface area contributed by atoms with Crippen molar-refractivity contribution in [1.29, 1.82) is 0 Å². The first-order valence-electron chi connectivity index (χ1n) is 3.52. The molecule has 0 saturated heterocycles. The number of amides is 1. The van der Waals surface area contributed by atoms with Gasteiger partial charge in [-0.25, -0.2) is 5.84 Å². The van der Waals surface area contributed by atoms with Crippen LogP contribution < -0.4 is 16.7 Å². The Kier molecular flexibility index (Phi) is 4.02. The molecular weight excluding hydrogens is 144 g/mol. The Bertz CT molecular complexity index is 129. The lowest BCUT2D eigenvalue weighted by Crippen LogP contribution is -2.49. The van der Waals surface area contributed by atoms with Gasteiger partial charge in [-0.2, -0.15) is 5.43 Å². The van der Waals surface area contributed by atoms with E-state index >= 15 is 0 Å². The third-order valence-electron chi connectivity index (χ3n) is 1.10. The van der Waals surface area contributed by atoms with Gasteiger partial charge in [-0.05, 0) is 0 Å². The standard InChI is InChI=1S/C6H16N4O/c1-10(2,3)8-5-4-6(11)9-7/h8H,4-5,7H2,1-3H3/p+1. The van der Waals surface area contributed by atoms with Gasteiger partial charge in [0.2, 0.25) is 5.91 Å². The molecule has 1 amide bonds. The third kappa shape index (κ3) is 7.24. The van der Waals surface area contributed by atoms with Crippen molar-refractivity contribution in [3.8, 4) is 0 Å². The summed E-state index contributed by atoms with van der Waals surface area (Å²) in [6, 6.07) is 0. The van der Waals surface area contributed by atoms with Crippen LogP contribution in [-0.4, -0.2) is 38.2 Å². The zero-order valence-corrected chi connectivity index (χ0v) is 7.35. The molecule has 11 heavy (non-hydrogen) atoms. The molecule has 5 heteroatoms. The van der Waals surface area contributed by atoms with Crippen molar-refractivity contribution < 1.29 is 9.39 Å². The van der Waals surface area contributed by atoms with Gasteiger partial charge in [-0.1, -0.05) is 0 Å². The van der Waals surface area contributed by atoms with Crippen LogP contribution in [0.3, 0.4) is 0 Å². The Morgan fingerprint density at radius 3 is 2.36 bits per heavy atom. The second-order valence-corrected chi connectivity index (χ2v) is 3.24. The molecule has 0 radical (unpaired) electrons. The fourth-order valence-electron chi connectivity index (χ4n) is 0.577. The number of hydrazine groups is 1. The van der Waals surface area contributed by atoms with Crippen LogP contribution in [0.15, 0.2) is 0 Å². The molecule has 0 aromatic heterocycles. The van der Waals surface area contributed by atoms with Crippen molar-refractivity contribution in [3.05, 3.63) is 0 Å². The van der Waals surface area contributed by atoms with Crippen LogP contribution in [0.5, 0.6) is 0 Å². The molecular formula is C6H17N4O+. The third-order valence-corrected chi connectivity index (χ3v) is 1.10. The number of nitrogens with two attached hydrogens (primary N) is 1. The maximum Gasteiger partial charge on any atom is 0.235 e. The van der Waals surface area contributed by atoms with Crippen molar-refractivity contribution in [1.82, 2.24) is 10.9 Å². The van der Waals surface area contributed by atoms with Crippen molar-refractivity contribution in [2.24, 2.45) is 5.84 Å². The van der Waals surface area contributed by atoms with E-state index in [1.807, 2.05) is 21.1 Å². The smallest absolute Gasteiger partial charge is 0.235 e. The normalized spacial score (nSPS) is 11.3. The van der Waals surface area contributed by atoms with E-state index in [1.165, 1.54) is 0 Å². The summed E-state index contributed by atoms with van der Waals surface area (Å²) in [5.41, 5.74) is 5.17. The molecule has 0 rings (SSSR count). The molecule has 0 aliphatic carbocycles. The number of nitrogens with one attached hydrogen (secondary N) is 2. The van der Waals surface area contributed by atoms with Gasteiger partial charge in [-0.15, -0.1) is 0 Å². The molecule has 0 unspecified atom stereocenters. The zero-order chi connectivity index (χ0) is 8.91. The average Bonchev–Trinajstić information content (AvgIpc) is 1.85. The van der Waals surface area contributed by atoms with E-state index in [9.17, 15) is 4.79 Å². The van der Waals surface area contributed by atoms with E-state index in [4.69, 9.17) is 5.84 Å². The predicted octanol–water partition coefficient (Wildman–Crippen LogP) is -1.42. The second kappa shape index (κ2) is 4.27. The maximum atomic E-state index is 10.6. The van der Waals surface area contributed by atoms with E-state index in [1.54, 1.807) is 0 Å². The fourth-order valence-corrected chi connectivity index (χ4v) is 0.577. The number of quaternary nitrogens is 1. The molecule has 0 spiro atoms. The minimum atomic E-state index is -0.147. The average molecular weight is 161 g/mol. The summed E-state index contributed by atoms with van der Waals surface area (Å²) < 4.78 is 0.637. The monoisotopic (exact) mass is 161 g/mol. The maximum absolute atomic E-state index is 10.6. The molecule has 0 aromatic carbocycles. The highest BCUT2D eigenvalue weighted by atomic mass is 16.2. The summed E-state index contributed by atoms with van der Waals surface area (Å²) in [5, 5.41) is 0. The molecule has 0 fully saturated rings. The van der Waals surface area contributed by atoms with Crippen LogP contribution in [-0.2, 0) is 4.79 Å². The van der Waals surface area contributed by atoms with Gasteiger partial charge >= 0.3 is 0 Å². The van der Waals surface area contributed by atoms with Crippen LogP contribution in [0.2, 0.25) is 0 Å². The molecule has 0 atom stereocenters. The number of nitrogens with zero attached hydrogens (tertiary/aromatic N) is 1. The number of hydrogen-bond donors (Lipinski definition) is 3. The van der Waals surface area contributed by atoms with Crippen LogP contribution in [0, 0.1) is 0 Å². The topological polar surface area (TPSA) is 67.2 Å². The summed E-state index contributed by atoms with van der Waals surface area (Å²) in [4.78, 5) is 10.6. The Morgan fingerprint density at radius 1 is 1.45 bits per heavy atom. The van der Waals surface area contributed by atoms with Crippen LogP contribution in [0.4, 0.5) is 0 Å². The summed E-state index contributed by atoms with van der Waals surface area (Å²) >= 11 is 0. The van der Waals surface area contributed by atoms with E-state index in [2.05, 4.69) is 10.9 Å². The lowest BCUT2D eigenvalue weighted by atomic mass is 10.4. The van der Waals surface area contributed by atoms with Gasteiger partial charge in [0.1, 0.15) is 0 Å². The minimum absolute atomic E-state index is 0.147. The molecule has 0 heterocycles. The fraction of sp³-hybridized carbons (Fsp3) is 0.833. The van der Waals surface area contributed by atoms with Crippen molar-refractivity contribution >= 4 is 5.91 Å². The Hall–Kier alpha value is -0.650. The molecule has 0 aliphatic heterocycles.